The predicted octanol–water partition coefficient (Wildman–Crippen LogP) is -6.23. The average Bonchev–Trinajstić information content (AvgIpc) is 2.37. The molecule has 0 saturated carbocycles. The molecular formula is C6H8K2NO8V+. The van der Waals surface area contributed by atoms with E-state index >= 15 is 0 Å². The third kappa shape index (κ3) is 20.2. The molecule has 0 aliphatic heterocycles. The number of hydrogen-bond acceptors (Lipinski definition) is 8. The van der Waals surface area contributed by atoms with E-state index in [1.165, 1.54) is 6.07 Å². The second-order valence-electron chi connectivity index (χ2n) is 1.68. The van der Waals surface area contributed by atoms with Gasteiger partial charge in [0, 0.05) is 6.20 Å². The third-order valence-corrected chi connectivity index (χ3v) is 0.955. The summed E-state index contributed by atoms with van der Waals surface area (Å²) in [5.41, 5.74) is -0.111. The van der Waals surface area contributed by atoms with E-state index in [2.05, 4.69) is 4.98 Å². The maximum atomic E-state index is 10.4. The van der Waals surface area contributed by atoms with Crippen LogP contribution in [-0.2, 0) is 21.0 Å². The molecule has 5 N–H and O–H groups in total. The van der Waals surface area contributed by atoms with Crippen LogP contribution in [0.5, 0.6) is 5.75 Å². The number of hydrogen-bond donors (Lipinski definition) is 5. The van der Waals surface area contributed by atoms with Crippen molar-refractivity contribution < 1.29 is 160 Å². The quantitative estimate of drug-likeness (QED) is 0.187. The van der Waals surface area contributed by atoms with Gasteiger partial charge in [0.05, 0.1) is 0 Å². The monoisotopic (exact) mass is 351 g/mol. The SMILES string of the molecule is O=C(O)c1ccc([O-])cn1.OO.OO.[K+].[K+].[O]=[V]. The van der Waals surface area contributed by atoms with Crippen molar-refractivity contribution in [3.05, 3.63) is 24.0 Å². The Balaban J connectivity index is -0.0000000623. The molecule has 91 valence electrons. The molecule has 0 fully saturated rings. The molecule has 0 amide bonds. The molecule has 1 aromatic rings. The zero-order chi connectivity index (χ0) is 13.6. The van der Waals surface area contributed by atoms with Gasteiger partial charge in [-0.15, -0.1) is 0 Å². The van der Waals surface area contributed by atoms with E-state index in [1.54, 1.807) is 0 Å². The Morgan fingerprint density at radius 3 is 1.72 bits per heavy atom. The molecule has 0 bridgehead atoms. The second kappa shape index (κ2) is 27.3. The summed E-state index contributed by atoms with van der Waals surface area (Å²) in [6.45, 7) is 0. The first-order valence-electron chi connectivity index (χ1n) is 3.15. The van der Waals surface area contributed by atoms with Crippen LogP contribution < -0.4 is 108 Å². The molecule has 12 heteroatoms. The molecule has 1 aromatic heterocycles. The van der Waals surface area contributed by atoms with E-state index in [0.29, 0.717) is 0 Å². The number of carbonyl (C=O) groups is 1. The summed E-state index contributed by atoms with van der Waals surface area (Å²) in [5, 5.41) is 42.7. The van der Waals surface area contributed by atoms with Crippen LogP contribution in [0.1, 0.15) is 10.5 Å². The number of carboxylic acids is 1. The van der Waals surface area contributed by atoms with Crippen molar-refractivity contribution in [3.8, 4) is 5.75 Å². The minimum absolute atomic E-state index is 0. The predicted molar refractivity (Wildman–Crippen MR) is 41.8 cm³/mol. The van der Waals surface area contributed by atoms with Gasteiger partial charge in [-0.25, -0.2) is 9.78 Å². The minimum atomic E-state index is -1.13. The van der Waals surface area contributed by atoms with E-state index in [-0.39, 0.29) is 114 Å². The molecule has 0 saturated heterocycles. The van der Waals surface area contributed by atoms with Crippen LogP contribution in [0, 0.1) is 0 Å². The molecule has 0 unspecified atom stereocenters. The Labute approximate surface area is 196 Å². The Bertz CT molecular complexity index is 275. The maximum absolute atomic E-state index is 10.4. The first-order chi connectivity index (χ1) is 7.70. The number of pyridine rings is 1. The van der Waals surface area contributed by atoms with Gasteiger partial charge in [0.2, 0.25) is 0 Å². The second-order valence-corrected chi connectivity index (χ2v) is 1.68. The fourth-order valence-corrected chi connectivity index (χ4v) is 0.507. The van der Waals surface area contributed by atoms with Gasteiger partial charge in [-0.05, 0) is 6.07 Å². The molecule has 0 radical (unpaired) electrons. The Hall–Kier alpha value is 1.92. The Morgan fingerprint density at radius 1 is 1.11 bits per heavy atom. The summed E-state index contributed by atoms with van der Waals surface area (Å²) in [4.78, 5) is 13.5. The van der Waals surface area contributed by atoms with Crippen molar-refractivity contribution >= 4 is 5.97 Å². The molecule has 0 atom stereocenters. The van der Waals surface area contributed by atoms with E-state index in [4.69, 9.17) is 29.8 Å². The number of nitrogens with zero attached hydrogens (tertiary/aromatic N) is 1. The van der Waals surface area contributed by atoms with Crippen LogP contribution in [0.4, 0.5) is 0 Å². The first-order valence-corrected chi connectivity index (χ1v) is 3.72. The average molecular weight is 351 g/mol. The number of rotatable bonds is 1. The summed E-state index contributed by atoms with van der Waals surface area (Å²) in [6, 6.07) is 2.33. The van der Waals surface area contributed by atoms with Gasteiger partial charge in [-0.1, -0.05) is 11.8 Å². The Kier molecular flexibility index (Phi) is 48.6. The van der Waals surface area contributed by atoms with Crippen LogP contribution in [0.3, 0.4) is 0 Å². The molecule has 0 aliphatic rings. The summed E-state index contributed by atoms with van der Waals surface area (Å²) in [7, 11) is 0. The van der Waals surface area contributed by atoms with Crippen LogP contribution in [-0.4, -0.2) is 37.1 Å². The molecule has 0 aromatic carbocycles. The molecule has 1 rings (SSSR count). The summed E-state index contributed by atoms with van der Waals surface area (Å²) in [6.07, 6.45) is 0.976. The fraction of sp³-hybridized carbons (Fsp3) is 0. The summed E-state index contributed by atoms with van der Waals surface area (Å²) in [5.74, 6) is -1.41. The van der Waals surface area contributed by atoms with E-state index in [0.717, 1.165) is 29.6 Å². The van der Waals surface area contributed by atoms with Crippen LogP contribution >= 0.6 is 0 Å². The fourth-order valence-electron chi connectivity index (χ4n) is 0.507. The van der Waals surface area contributed by atoms with Gasteiger partial charge in [0.1, 0.15) is 5.69 Å². The zero-order valence-corrected chi connectivity index (χ0v) is 17.2. The molecule has 0 spiro atoms. The molecule has 1 heterocycles. The molecule has 18 heavy (non-hydrogen) atoms. The van der Waals surface area contributed by atoms with Gasteiger partial charge >= 0.3 is 130 Å². The van der Waals surface area contributed by atoms with Crippen LogP contribution in [0.25, 0.3) is 0 Å². The van der Waals surface area contributed by atoms with Gasteiger partial charge in [-0.3, -0.25) is 21.0 Å². The van der Waals surface area contributed by atoms with E-state index in [1.807, 2.05) is 0 Å². The van der Waals surface area contributed by atoms with Crippen molar-refractivity contribution in [2.45, 2.75) is 0 Å². The van der Waals surface area contributed by atoms with Gasteiger partial charge < -0.3 is 10.2 Å². The van der Waals surface area contributed by atoms with Crippen molar-refractivity contribution in [1.82, 2.24) is 4.98 Å². The normalized spacial score (nSPS) is 5.94. The topological polar surface area (TPSA) is 171 Å². The zero-order valence-electron chi connectivity index (χ0n) is 9.59. The van der Waals surface area contributed by atoms with Crippen LogP contribution in [0.2, 0.25) is 0 Å². The third-order valence-electron chi connectivity index (χ3n) is 0.955. The standard InChI is InChI=1S/C6H5NO3.2K.2H2O2.O.V/c8-4-1-2-5(6(9)10)7-3-4;;;2*1-2;;/h1-3,8H,(H,9,10);;;2*1-2H;;/q;2*+1;;;;/p-1. The summed E-state index contributed by atoms with van der Waals surface area (Å²) < 4.78 is 8.19. The van der Waals surface area contributed by atoms with Gasteiger partial charge in [0.25, 0.3) is 0 Å². The van der Waals surface area contributed by atoms with Gasteiger partial charge in [0.15, 0.2) is 0 Å². The Morgan fingerprint density at radius 2 is 1.50 bits per heavy atom. The first kappa shape index (κ1) is 32.0. The van der Waals surface area contributed by atoms with Crippen molar-refractivity contribution in [1.29, 1.82) is 0 Å². The molecular weight excluding hydrogens is 343 g/mol. The van der Waals surface area contributed by atoms with Crippen molar-refractivity contribution in [2.75, 3.05) is 0 Å². The van der Waals surface area contributed by atoms with E-state index in [9.17, 15) is 9.90 Å². The molecule has 9 nitrogen and oxygen atoms in total. The van der Waals surface area contributed by atoms with E-state index < -0.39 is 5.97 Å². The number of carboxylic acid groups (broad SMARTS) is 1. The summed E-state index contributed by atoms with van der Waals surface area (Å²) >= 11 is 1.06. The van der Waals surface area contributed by atoms with Crippen molar-refractivity contribution in [2.24, 2.45) is 0 Å². The van der Waals surface area contributed by atoms with Crippen LogP contribution in [0.15, 0.2) is 18.3 Å². The molecule has 0 aliphatic carbocycles. The van der Waals surface area contributed by atoms with Crippen molar-refractivity contribution in [3.63, 3.8) is 0 Å². The van der Waals surface area contributed by atoms with Gasteiger partial charge in [-0.2, -0.15) is 0 Å². The number of aromatic carboxylic acids is 1. The number of aromatic nitrogens is 1.